The highest BCUT2D eigenvalue weighted by Gasteiger charge is 2.33. The molecule has 2 amide bonds. The molecule has 0 heterocycles. The average molecular weight is 554 g/mol. The Morgan fingerprint density at radius 3 is 2.23 bits per heavy atom. The van der Waals surface area contributed by atoms with Gasteiger partial charge in [-0.25, -0.2) is 12.8 Å². The molecule has 0 fully saturated rings. The molecule has 39 heavy (non-hydrogen) atoms. The predicted octanol–water partition coefficient (Wildman–Crippen LogP) is 4.46. The molecule has 0 aliphatic heterocycles. The Hall–Kier alpha value is -3.72. The molecule has 3 aromatic rings. The van der Waals surface area contributed by atoms with Crippen molar-refractivity contribution < 1.29 is 22.4 Å². The fraction of sp³-hybridized carbons (Fsp3) is 0.333. The number of rotatable bonds is 13. The van der Waals surface area contributed by atoms with Crippen LogP contribution in [0.1, 0.15) is 36.5 Å². The van der Waals surface area contributed by atoms with Crippen LogP contribution in [0.15, 0.2) is 78.9 Å². The monoisotopic (exact) mass is 553 g/mol. The summed E-state index contributed by atoms with van der Waals surface area (Å²) in [6.07, 6.45) is 2.83. The molecule has 7 nitrogen and oxygen atoms in total. The van der Waals surface area contributed by atoms with Crippen LogP contribution in [0, 0.1) is 12.7 Å². The number of anilines is 1. The zero-order chi connectivity index (χ0) is 28.4. The van der Waals surface area contributed by atoms with Gasteiger partial charge in [-0.05, 0) is 42.2 Å². The Morgan fingerprint density at radius 1 is 0.949 bits per heavy atom. The van der Waals surface area contributed by atoms with E-state index < -0.39 is 34.3 Å². The summed E-state index contributed by atoms with van der Waals surface area (Å²) in [5.41, 5.74) is 2.37. The predicted molar refractivity (Wildman–Crippen MR) is 152 cm³/mol. The van der Waals surface area contributed by atoms with Gasteiger partial charge in [0.05, 0.1) is 11.9 Å². The van der Waals surface area contributed by atoms with E-state index in [0.717, 1.165) is 46.2 Å². The quantitative estimate of drug-likeness (QED) is 0.317. The van der Waals surface area contributed by atoms with Crippen LogP contribution in [0.5, 0.6) is 0 Å². The van der Waals surface area contributed by atoms with E-state index in [0.29, 0.717) is 6.54 Å². The Kier molecular flexibility index (Phi) is 10.6. The van der Waals surface area contributed by atoms with Crippen LogP contribution in [0.25, 0.3) is 0 Å². The van der Waals surface area contributed by atoms with Gasteiger partial charge in [-0.2, -0.15) is 0 Å². The van der Waals surface area contributed by atoms with E-state index in [4.69, 9.17) is 0 Å². The van der Waals surface area contributed by atoms with E-state index in [2.05, 4.69) is 5.32 Å². The Balaban J connectivity index is 2.05. The van der Waals surface area contributed by atoms with Gasteiger partial charge >= 0.3 is 0 Å². The van der Waals surface area contributed by atoms with E-state index in [-0.39, 0.29) is 24.6 Å². The van der Waals surface area contributed by atoms with Crippen molar-refractivity contribution >= 4 is 27.5 Å². The normalized spacial score (nSPS) is 12.0. The average Bonchev–Trinajstić information content (AvgIpc) is 2.90. The second kappa shape index (κ2) is 13.9. The van der Waals surface area contributed by atoms with E-state index in [9.17, 15) is 22.4 Å². The molecule has 208 valence electrons. The second-order valence-corrected chi connectivity index (χ2v) is 11.4. The highest BCUT2D eigenvalue weighted by atomic mass is 32.2. The highest BCUT2D eigenvalue weighted by molar-refractivity contribution is 7.92. The van der Waals surface area contributed by atoms with E-state index in [1.165, 1.54) is 23.1 Å². The molecule has 0 saturated carbocycles. The Bertz CT molecular complexity index is 1370. The topological polar surface area (TPSA) is 86.8 Å². The summed E-state index contributed by atoms with van der Waals surface area (Å²) in [7, 11) is -4.03. The largest absolute Gasteiger partial charge is 0.354 e. The number of carbonyl (C=O) groups is 2. The minimum absolute atomic E-state index is 0.0824. The van der Waals surface area contributed by atoms with Gasteiger partial charge in [0.15, 0.2) is 0 Å². The number of hydrogen-bond donors (Lipinski definition) is 1. The van der Waals surface area contributed by atoms with Crippen molar-refractivity contribution in [2.45, 2.75) is 45.7 Å². The zero-order valence-electron chi connectivity index (χ0n) is 22.6. The third-order valence-electron chi connectivity index (χ3n) is 6.50. The minimum atomic E-state index is -4.03. The van der Waals surface area contributed by atoms with Gasteiger partial charge in [-0.1, -0.05) is 80.1 Å². The molecule has 1 unspecified atom stereocenters. The van der Waals surface area contributed by atoms with Crippen molar-refractivity contribution in [2.24, 2.45) is 0 Å². The van der Waals surface area contributed by atoms with Crippen molar-refractivity contribution in [3.8, 4) is 0 Å². The van der Waals surface area contributed by atoms with Crippen molar-refractivity contribution in [1.29, 1.82) is 0 Å². The van der Waals surface area contributed by atoms with Crippen molar-refractivity contribution in [2.75, 3.05) is 23.7 Å². The molecule has 0 saturated heterocycles. The summed E-state index contributed by atoms with van der Waals surface area (Å²) in [5.74, 6) is -1.70. The Labute approximate surface area is 230 Å². The number of nitrogens with zero attached hydrogens (tertiary/aromatic N) is 2. The van der Waals surface area contributed by atoms with Crippen LogP contribution in [0.3, 0.4) is 0 Å². The van der Waals surface area contributed by atoms with Gasteiger partial charge in [0.1, 0.15) is 18.4 Å². The maximum absolute atomic E-state index is 14.7. The summed E-state index contributed by atoms with van der Waals surface area (Å²) < 4.78 is 40.9. The number of unbranched alkanes of at least 4 members (excludes halogenated alkanes) is 1. The number of aryl methyl sites for hydroxylation is 1. The molecule has 0 radical (unpaired) electrons. The number of hydrogen-bond acceptors (Lipinski definition) is 4. The van der Waals surface area contributed by atoms with Crippen molar-refractivity contribution in [3.63, 3.8) is 0 Å². The van der Waals surface area contributed by atoms with E-state index >= 15 is 0 Å². The number of amides is 2. The summed E-state index contributed by atoms with van der Waals surface area (Å²) >= 11 is 0. The molecular formula is C30H36FN3O4S. The fourth-order valence-electron chi connectivity index (χ4n) is 4.28. The number of benzene rings is 3. The number of para-hydroxylation sites is 1. The van der Waals surface area contributed by atoms with E-state index in [1.807, 2.05) is 68.4 Å². The molecule has 0 aromatic heterocycles. The molecule has 3 aromatic carbocycles. The summed E-state index contributed by atoms with van der Waals surface area (Å²) in [6, 6.07) is 21.3. The van der Waals surface area contributed by atoms with Gasteiger partial charge in [-0.3, -0.25) is 13.9 Å². The standard InChI is InChI=1S/C30H36FN3O4S/c1-4-5-19-32-30(36)28(20-24-14-7-6-8-15-24)33(21-25-16-10-9-13-23(25)2)29(35)22-34(39(3,37)38)27-18-12-11-17-26(27)31/h6-18,28H,4-5,19-22H2,1-3H3,(H,32,36). The van der Waals surface area contributed by atoms with Gasteiger partial charge in [0.2, 0.25) is 21.8 Å². The summed E-state index contributed by atoms with van der Waals surface area (Å²) in [5, 5.41) is 2.94. The van der Waals surface area contributed by atoms with E-state index in [1.54, 1.807) is 0 Å². The number of halogens is 1. The van der Waals surface area contributed by atoms with Crippen LogP contribution in [-0.2, 0) is 32.6 Å². The lowest BCUT2D eigenvalue weighted by Gasteiger charge is -2.34. The van der Waals surface area contributed by atoms with Crippen molar-refractivity contribution in [3.05, 3.63) is 101 Å². The first kappa shape index (κ1) is 29.8. The summed E-state index contributed by atoms with van der Waals surface area (Å²) in [4.78, 5) is 28.9. The minimum Gasteiger partial charge on any atom is -0.354 e. The van der Waals surface area contributed by atoms with Gasteiger partial charge in [0, 0.05) is 19.5 Å². The molecule has 0 spiro atoms. The smallest absolute Gasteiger partial charge is 0.244 e. The lowest BCUT2D eigenvalue weighted by atomic mass is 10.0. The fourth-order valence-corrected chi connectivity index (χ4v) is 5.13. The Morgan fingerprint density at radius 2 is 1.59 bits per heavy atom. The molecule has 9 heteroatoms. The number of sulfonamides is 1. The molecule has 1 N–H and O–H groups in total. The first-order valence-electron chi connectivity index (χ1n) is 13.0. The first-order chi connectivity index (χ1) is 18.6. The third-order valence-corrected chi connectivity index (χ3v) is 7.63. The molecule has 0 bridgehead atoms. The molecular weight excluding hydrogens is 517 g/mol. The second-order valence-electron chi connectivity index (χ2n) is 9.52. The first-order valence-corrected chi connectivity index (χ1v) is 14.8. The molecule has 0 aliphatic rings. The SMILES string of the molecule is CCCCNC(=O)C(Cc1ccccc1)N(Cc1ccccc1C)C(=O)CN(c1ccccc1F)S(C)(=O)=O. The molecule has 1 atom stereocenters. The third kappa shape index (κ3) is 8.38. The van der Waals surface area contributed by atoms with Crippen LogP contribution in [0.4, 0.5) is 10.1 Å². The lowest BCUT2D eigenvalue weighted by Crippen LogP contribution is -2.53. The van der Waals surface area contributed by atoms with Crippen LogP contribution >= 0.6 is 0 Å². The zero-order valence-corrected chi connectivity index (χ0v) is 23.5. The highest BCUT2D eigenvalue weighted by Crippen LogP contribution is 2.23. The maximum atomic E-state index is 14.7. The van der Waals surface area contributed by atoms with Gasteiger partial charge < -0.3 is 10.2 Å². The summed E-state index contributed by atoms with van der Waals surface area (Å²) in [6.45, 7) is 3.81. The van der Waals surface area contributed by atoms with Gasteiger partial charge in [0.25, 0.3) is 0 Å². The number of carbonyl (C=O) groups excluding carboxylic acids is 2. The van der Waals surface area contributed by atoms with Crippen molar-refractivity contribution in [1.82, 2.24) is 10.2 Å². The van der Waals surface area contributed by atoms with Crippen LogP contribution in [-0.4, -0.2) is 50.5 Å². The molecule has 0 aliphatic carbocycles. The lowest BCUT2D eigenvalue weighted by molar-refractivity contribution is -0.140. The van der Waals surface area contributed by atoms with Crippen LogP contribution < -0.4 is 9.62 Å². The number of nitrogens with one attached hydrogen (secondary N) is 1. The van der Waals surface area contributed by atoms with Crippen LogP contribution in [0.2, 0.25) is 0 Å². The maximum Gasteiger partial charge on any atom is 0.244 e. The molecule has 3 rings (SSSR count). The van der Waals surface area contributed by atoms with Gasteiger partial charge in [-0.15, -0.1) is 0 Å².